The first-order valence-electron chi connectivity index (χ1n) is 6.36. The Kier molecular flexibility index (Phi) is 5.25. The molecule has 1 N–H and O–H groups in total. The van der Waals surface area contributed by atoms with Crippen molar-refractivity contribution < 1.29 is 13.2 Å². The van der Waals surface area contributed by atoms with Crippen LogP contribution in [-0.2, 0) is 14.8 Å². The van der Waals surface area contributed by atoms with Crippen LogP contribution >= 0.6 is 23.2 Å². The summed E-state index contributed by atoms with van der Waals surface area (Å²) in [5.74, 6) is 0.200. The SMILES string of the molecule is CCC1OCCC1CNS(=O)(=O)c1cnc(Cl)c(Cl)c1. The maximum Gasteiger partial charge on any atom is 0.242 e. The molecule has 2 rings (SSSR count). The highest BCUT2D eigenvalue weighted by Crippen LogP contribution is 2.24. The number of sulfonamides is 1. The highest BCUT2D eigenvalue weighted by molar-refractivity contribution is 7.89. The van der Waals surface area contributed by atoms with Gasteiger partial charge in [-0.25, -0.2) is 18.1 Å². The lowest BCUT2D eigenvalue weighted by Gasteiger charge is -2.17. The van der Waals surface area contributed by atoms with Gasteiger partial charge in [0.15, 0.2) is 0 Å². The standard InChI is InChI=1S/C12H16Cl2N2O3S/c1-2-11-8(3-4-19-11)6-16-20(17,18)9-5-10(13)12(14)15-7-9/h5,7-8,11,16H,2-4,6H2,1H3. The molecule has 0 saturated carbocycles. The Bertz CT molecular complexity index is 580. The van der Waals surface area contributed by atoms with E-state index in [1.54, 1.807) is 0 Å². The van der Waals surface area contributed by atoms with Gasteiger partial charge in [-0.05, 0) is 18.9 Å². The largest absolute Gasteiger partial charge is 0.378 e. The summed E-state index contributed by atoms with van der Waals surface area (Å²) in [6.07, 6.45) is 3.05. The number of hydrogen-bond donors (Lipinski definition) is 1. The molecule has 1 saturated heterocycles. The van der Waals surface area contributed by atoms with Crippen molar-refractivity contribution >= 4 is 33.2 Å². The summed E-state index contributed by atoms with van der Waals surface area (Å²) < 4.78 is 32.4. The van der Waals surface area contributed by atoms with Gasteiger partial charge in [0.25, 0.3) is 0 Å². The molecule has 1 aliphatic rings. The van der Waals surface area contributed by atoms with Crippen molar-refractivity contribution in [3.05, 3.63) is 22.4 Å². The highest BCUT2D eigenvalue weighted by Gasteiger charge is 2.28. The molecule has 112 valence electrons. The van der Waals surface area contributed by atoms with Crippen LogP contribution in [0.2, 0.25) is 10.2 Å². The van der Waals surface area contributed by atoms with E-state index in [0.717, 1.165) is 12.8 Å². The maximum atomic E-state index is 12.2. The summed E-state index contributed by atoms with van der Waals surface area (Å²) in [5, 5.41) is 0.200. The topological polar surface area (TPSA) is 68.3 Å². The molecule has 20 heavy (non-hydrogen) atoms. The first-order valence-corrected chi connectivity index (χ1v) is 8.60. The Morgan fingerprint density at radius 1 is 1.50 bits per heavy atom. The Hall–Kier alpha value is -0.400. The van der Waals surface area contributed by atoms with Crippen molar-refractivity contribution in [3.8, 4) is 0 Å². The number of nitrogens with zero attached hydrogens (tertiary/aromatic N) is 1. The van der Waals surface area contributed by atoms with E-state index in [1.807, 2.05) is 6.92 Å². The number of aromatic nitrogens is 1. The molecule has 2 heterocycles. The Morgan fingerprint density at radius 2 is 2.25 bits per heavy atom. The van der Waals surface area contributed by atoms with Gasteiger partial charge < -0.3 is 4.74 Å². The fourth-order valence-electron chi connectivity index (χ4n) is 2.23. The lowest BCUT2D eigenvalue weighted by molar-refractivity contribution is 0.0884. The lowest BCUT2D eigenvalue weighted by atomic mass is 10.0. The zero-order valence-electron chi connectivity index (χ0n) is 11.0. The summed E-state index contributed by atoms with van der Waals surface area (Å²) in [7, 11) is -3.63. The molecule has 0 aliphatic carbocycles. The minimum Gasteiger partial charge on any atom is -0.378 e. The third kappa shape index (κ3) is 3.62. The summed E-state index contributed by atoms with van der Waals surface area (Å²) in [4.78, 5) is 3.76. The minimum absolute atomic E-state index is 0.0128. The number of hydrogen-bond acceptors (Lipinski definition) is 4. The molecular weight excluding hydrogens is 323 g/mol. The zero-order chi connectivity index (χ0) is 14.8. The van der Waals surface area contributed by atoms with Gasteiger partial charge in [-0.15, -0.1) is 0 Å². The third-order valence-corrected chi connectivity index (χ3v) is 5.44. The predicted molar refractivity (Wildman–Crippen MR) is 77.6 cm³/mol. The van der Waals surface area contributed by atoms with Crippen LogP contribution in [0.15, 0.2) is 17.2 Å². The summed E-state index contributed by atoms with van der Waals surface area (Å²) in [5.41, 5.74) is 0. The van der Waals surface area contributed by atoms with Gasteiger partial charge in [-0.2, -0.15) is 0 Å². The lowest BCUT2D eigenvalue weighted by Crippen LogP contribution is -2.32. The number of pyridine rings is 1. The van der Waals surface area contributed by atoms with E-state index >= 15 is 0 Å². The van der Waals surface area contributed by atoms with Gasteiger partial charge in [-0.3, -0.25) is 0 Å². The molecule has 8 heteroatoms. The first-order chi connectivity index (χ1) is 9.44. The van der Waals surface area contributed by atoms with E-state index in [9.17, 15) is 8.42 Å². The van der Waals surface area contributed by atoms with Crippen LogP contribution in [0.4, 0.5) is 0 Å². The molecule has 2 unspecified atom stereocenters. The summed E-state index contributed by atoms with van der Waals surface area (Å²) in [6, 6.07) is 1.29. The molecule has 1 fully saturated rings. The molecule has 0 bridgehead atoms. The van der Waals surface area contributed by atoms with Gasteiger partial charge in [0.2, 0.25) is 10.0 Å². The quantitative estimate of drug-likeness (QED) is 0.837. The molecule has 1 aliphatic heterocycles. The van der Waals surface area contributed by atoms with E-state index in [-0.39, 0.29) is 27.1 Å². The van der Waals surface area contributed by atoms with Gasteiger partial charge in [0.1, 0.15) is 10.0 Å². The summed E-state index contributed by atoms with van der Waals surface area (Å²) >= 11 is 11.5. The maximum absolute atomic E-state index is 12.2. The van der Waals surface area contributed by atoms with Crippen molar-refractivity contribution in [2.45, 2.75) is 30.8 Å². The fourth-order valence-corrected chi connectivity index (χ4v) is 3.63. The van der Waals surface area contributed by atoms with E-state index in [0.29, 0.717) is 13.2 Å². The van der Waals surface area contributed by atoms with E-state index in [4.69, 9.17) is 27.9 Å². The van der Waals surface area contributed by atoms with Crippen LogP contribution < -0.4 is 4.72 Å². The van der Waals surface area contributed by atoms with Crippen molar-refractivity contribution in [1.82, 2.24) is 9.71 Å². The minimum atomic E-state index is -3.63. The van der Waals surface area contributed by atoms with Crippen LogP contribution in [0.25, 0.3) is 0 Å². The molecular formula is C12H16Cl2N2O3S. The summed E-state index contributed by atoms with van der Waals surface area (Å²) in [6.45, 7) is 3.06. The second-order valence-electron chi connectivity index (χ2n) is 4.66. The number of ether oxygens (including phenoxy) is 1. The average Bonchev–Trinajstić information content (AvgIpc) is 2.87. The van der Waals surface area contributed by atoms with Gasteiger partial charge in [0, 0.05) is 25.3 Å². The van der Waals surface area contributed by atoms with Crippen molar-refractivity contribution in [3.63, 3.8) is 0 Å². The van der Waals surface area contributed by atoms with E-state index in [2.05, 4.69) is 9.71 Å². The number of halogens is 2. The van der Waals surface area contributed by atoms with Crippen LogP contribution in [0, 0.1) is 5.92 Å². The highest BCUT2D eigenvalue weighted by atomic mass is 35.5. The van der Waals surface area contributed by atoms with Crippen molar-refractivity contribution in [2.75, 3.05) is 13.2 Å². The average molecular weight is 339 g/mol. The van der Waals surface area contributed by atoms with Crippen LogP contribution in [-0.4, -0.2) is 32.7 Å². The van der Waals surface area contributed by atoms with Crippen LogP contribution in [0.3, 0.4) is 0 Å². The van der Waals surface area contributed by atoms with Crippen molar-refractivity contribution in [1.29, 1.82) is 0 Å². The van der Waals surface area contributed by atoms with E-state index in [1.165, 1.54) is 12.3 Å². The molecule has 0 aromatic carbocycles. The van der Waals surface area contributed by atoms with Crippen LogP contribution in [0.1, 0.15) is 19.8 Å². The van der Waals surface area contributed by atoms with Crippen molar-refractivity contribution in [2.24, 2.45) is 5.92 Å². The second-order valence-corrected chi connectivity index (χ2v) is 7.19. The number of rotatable bonds is 5. The van der Waals surface area contributed by atoms with Gasteiger partial charge in [-0.1, -0.05) is 30.1 Å². The second kappa shape index (κ2) is 6.58. The molecule has 1 aromatic rings. The molecule has 0 spiro atoms. The molecule has 5 nitrogen and oxygen atoms in total. The molecule has 0 radical (unpaired) electrons. The first kappa shape index (κ1) is 16.0. The molecule has 2 atom stereocenters. The van der Waals surface area contributed by atoms with E-state index < -0.39 is 10.0 Å². The number of nitrogens with one attached hydrogen (secondary N) is 1. The zero-order valence-corrected chi connectivity index (χ0v) is 13.3. The normalized spacial score (nSPS) is 23.1. The monoisotopic (exact) mass is 338 g/mol. The predicted octanol–water partition coefficient (Wildman–Crippen LogP) is 2.48. The van der Waals surface area contributed by atoms with Gasteiger partial charge >= 0.3 is 0 Å². The van der Waals surface area contributed by atoms with Crippen LogP contribution in [0.5, 0.6) is 0 Å². The fraction of sp³-hybridized carbons (Fsp3) is 0.583. The Labute approximate surface area is 128 Å². The Balaban J connectivity index is 2.05. The Morgan fingerprint density at radius 3 is 2.90 bits per heavy atom. The third-order valence-electron chi connectivity index (χ3n) is 3.37. The molecule has 0 amide bonds. The molecule has 1 aromatic heterocycles. The van der Waals surface area contributed by atoms with Gasteiger partial charge in [0.05, 0.1) is 11.1 Å². The smallest absolute Gasteiger partial charge is 0.242 e.